The van der Waals surface area contributed by atoms with Gasteiger partial charge in [0.2, 0.25) is 0 Å². The predicted octanol–water partition coefficient (Wildman–Crippen LogP) is 0.799. The van der Waals surface area contributed by atoms with Crippen LogP contribution >= 0.6 is 0 Å². The number of amides is 1. The van der Waals surface area contributed by atoms with Crippen molar-refractivity contribution in [3.05, 3.63) is 17.8 Å². The number of rotatable bonds is 4. The number of carbonyl (C=O) groups excluding carboxylic acids is 1. The predicted molar refractivity (Wildman–Crippen MR) is 71.9 cm³/mol. The highest BCUT2D eigenvalue weighted by Gasteiger charge is 2.38. The second-order valence-electron chi connectivity index (χ2n) is 5.28. The molecule has 3 N–H and O–H groups in total. The second kappa shape index (κ2) is 5.52. The first-order valence-electron chi connectivity index (χ1n) is 6.52. The summed E-state index contributed by atoms with van der Waals surface area (Å²) in [4.78, 5) is 11.4. The van der Waals surface area contributed by atoms with E-state index in [-0.39, 0.29) is 24.0 Å². The minimum Gasteiger partial charge on any atom is -0.396 e. The molecule has 1 amide bonds. The fourth-order valence-electron chi connectivity index (χ4n) is 2.51. The van der Waals surface area contributed by atoms with E-state index in [2.05, 4.69) is 27.8 Å². The first-order valence-corrected chi connectivity index (χ1v) is 6.52. The number of carbonyl (C=O) groups is 1. The molecular formula is C13H20N4O2. The van der Waals surface area contributed by atoms with E-state index in [1.165, 1.54) is 0 Å². The number of nitrogens with zero attached hydrogens (tertiary/aromatic N) is 2. The Morgan fingerprint density at radius 2 is 2.32 bits per heavy atom. The van der Waals surface area contributed by atoms with Crippen LogP contribution in [-0.4, -0.2) is 40.9 Å². The SMILES string of the molecule is CNC(=O)c1ccc(NC2CCCC2(C)CO)nn1. The Morgan fingerprint density at radius 3 is 2.89 bits per heavy atom. The summed E-state index contributed by atoms with van der Waals surface area (Å²) in [6.07, 6.45) is 3.11. The molecule has 2 unspecified atom stereocenters. The zero-order chi connectivity index (χ0) is 13.9. The van der Waals surface area contributed by atoms with Crippen LogP contribution in [0.4, 0.5) is 5.82 Å². The van der Waals surface area contributed by atoms with Crippen molar-refractivity contribution in [3.8, 4) is 0 Å². The van der Waals surface area contributed by atoms with Gasteiger partial charge in [-0.15, -0.1) is 10.2 Å². The maximum absolute atomic E-state index is 11.4. The summed E-state index contributed by atoms with van der Waals surface area (Å²) in [5.41, 5.74) is 0.186. The molecule has 0 radical (unpaired) electrons. The Morgan fingerprint density at radius 1 is 1.53 bits per heavy atom. The van der Waals surface area contributed by atoms with Gasteiger partial charge in [0.15, 0.2) is 5.69 Å². The normalized spacial score (nSPS) is 26.2. The minimum atomic E-state index is -0.250. The van der Waals surface area contributed by atoms with E-state index in [1.807, 2.05) is 0 Å². The molecular weight excluding hydrogens is 244 g/mol. The van der Waals surface area contributed by atoms with Crippen molar-refractivity contribution in [2.24, 2.45) is 5.41 Å². The molecule has 6 nitrogen and oxygen atoms in total. The van der Waals surface area contributed by atoms with Crippen molar-refractivity contribution in [2.75, 3.05) is 19.0 Å². The number of nitrogens with one attached hydrogen (secondary N) is 2. The third-order valence-electron chi connectivity index (χ3n) is 3.89. The van der Waals surface area contributed by atoms with E-state index in [1.54, 1.807) is 19.2 Å². The lowest BCUT2D eigenvalue weighted by Crippen LogP contribution is -2.36. The molecule has 1 heterocycles. The van der Waals surface area contributed by atoms with Crippen molar-refractivity contribution >= 4 is 11.7 Å². The highest BCUT2D eigenvalue weighted by molar-refractivity contribution is 5.91. The van der Waals surface area contributed by atoms with E-state index in [9.17, 15) is 9.90 Å². The molecule has 6 heteroatoms. The molecule has 0 bridgehead atoms. The first-order chi connectivity index (χ1) is 9.09. The number of aromatic nitrogens is 2. The summed E-state index contributed by atoms with van der Waals surface area (Å²) in [5.74, 6) is 0.388. The van der Waals surface area contributed by atoms with Crippen LogP contribution in [0.25, 0.3) is 0 Å². The molecule has 1 aliphatic rings. The van der Waals surface area contributed by atoms with Gasteiger partial charge in [0.25, 0.3) is 5.91 Å². The van der Waals surface area contributed by atoms with Crippen LogP contribution < -0.4 is 10.6 Å². The lowest BCUT2D eigenvalue weighted by molar-refractivity contribution is 0.0957. The summed E-state index contributed by atoms with van der Waals surface area (Å²) in [7, 11) is 1.56. The molecule has 0 aromatic carbocycles. The van der Waals surface area contributed by atoms with Gasteiger partial charge in [0.1, 0.15) is 5.82 Å². The van der Waals surface area contributed by atoms with Gasteiger partial charge >= 0.3 is 0 Å². The smallest absolute Gasteiger partial charge is 0.271 e. The highest BCUT2D eigenvalue weighted by atomic mass is 16.3. The Hall–Kier alpha value is -1.69. The molecule has 1 saturated carbocycles. The Labute approximate surface area is 112 Å². The van der Waals surface area contributed by atoms with E-state index in [0.29, 0.717) is 11.5 Å². The van der Waals surface area contributed by atoms with E-state index < -0.39 is 0 Å². The van der Waals surface area contributed by atoms with Gasteiger partial charge in [0, 0.05) is 18.5 Å². The van der Waals surface area contributed by atoms with Crippen molar-refractivity contribution in [1.82, 2.24) is 15.5 Å². The van der Waals surface area contributed by atoms with Crippen LogP contribution in [0.1, 0.15) is 36.7 Å². The largest absolute Gasteiger partial charge is 0.396 e. The number of hydrogen-bond acceptors (Lipinski definition) is 5. The third-order valence-corrected chi connectivity index (χ3v) is 3.89. The van der Waals surface area contributed by atoms with Crippen molar-refractivity contribution in [2.45, 2.75) is 32.2 Å². The average Bonchev–Trinajstić information content (AvgIpc) is 2.81. The summed E-state index contributed by atoms with van der Waals surface area (Å²) in [6, 6.07) is 3.57. The molecule has 1 fully saturated rings. The minimum absolute atomic E-state index is 0.110. The average molecular weight is 264 g/mol. The van der Waals surface area contributed by atoms with Gasteiger partial charge in [-0.1, -0.05) is 13.3 Å². The van der Waals surface area contributed by atoms with Gasteiger partial charge in [-0.2, -0.15) is 0 Å². The van der Waals surface area contributed by atoms with E-state index >= 15 is 0 Å². The molecule has 2 rings (SSSR count). The standard InChI is InChI=1S/C13H20N4O2/c1-13(8-18)7-3-4-10(13)15-11-6-5-9(16-17-11)12(19)14-2/h5-6,10,18H,3-4,7-8H2,1-2H3,(H,14,19)(H,15,17). The van der Waals surface area contributed by atoms with Crippen LogP contribution in [0.5, 0.6) is 0 Å². The molecule has 0 spiro atoms. The van der Waals surface area contributed by atoms with Gasteiger partial charge in [0.05, 0.1) is 6.61 Å². The topological polar surface area (TPSA) is 87.1 Å². The molecule has 2 atom stereocenters. The summed E-state index contributed by atoms with van der Waals surface area (Å²) in [6.45, 7) is 2.23. The molecule has 1 aromatic rings. The summed E-state index contributed by atoms with van der Waals surface area (Å²) < 4.78 is 0. The van der Waals surface area contributed by atoms with E-state index in [0.717, 1.165) is 19.3 Å². The molecule has 0 aliphatic heterocycles. The van der Waals surface area contributed by atoms with Gasteiger partial charge in [-0.3, -0.25) is 4.79 Å². The fraction of sp³-hybridized carbons (Fsp3) is 0.615. The second-order valence-corrected chi connectivity index (χ2v) is 5.28. The summed E-state index contributed by atoms with van der Waals surface area (Å²) in [5, 5.41) is 23.2. The molecule has 104 valence electrons. The highest BCUT2D eigenvalue weighted by Crippen LogP contribution is 2.38. The molecule has 19 heavy (non-hydrogen) atoms. The number of aliphatic hydroxyl groups is 1. The number of aliphatic hydroxyl groups excluding tert-OH is 1. The molecule has 1 aliphatic carbocycles. The molecule has 0 saturated heterocycles. The van der Waals surface area contributed by atoms with Crippen LogP contribution in [-0.2, 0) is 0 Å². The van der Waals surface area contributed by atoms with Crippen LogP contribution in [0.15, 0.2) is 12.1 Å². The zero-order valence-corrected chi connectivity index (χ0v) is 11.3. The Bertz CT molecular complexity index is 448. The van der Waals surface area contributed by atoms with Crippen molar-refractivity contribution in [1.29, 1.82) is 0 Å². The van der Waals surface area contributed by atoms with Crippen molar-refractivity contribution < 1.29 is 9.90 Å². The number of anilines is 1. The van der Waals surface area contributed by atoms with Crippen LogP contribution in [0.2, 0.25) is 0 Å². The monoisotopic (exact) mass is 264 g/mol. The lowest BCUT2D eigenvalue weighted by Gasteiger charge is -2.30. The lowest BCUT2D eigenvalue weighted by atomic mass is 9.86. The van der Waals surface area contributed by atoms with Gasteiger partial charge in [-0.25, -0.2) is 0 Å². The summed E-state index contributed by atoms with van der Waals surface area (Å²) >= 11 is 0. The van der Waals surface area contributed by atoms with Crippen LogP contribution in [0.3, 0.4) is 0 Å². The van der Waals surface area contributed by atoms with Crippen molar-refractivity contribution in [3.63, 3.8) is 0 Å². The van der Waals surface area contributed by atoms with Gasteiger partial charge in [-0.05, 0) is 25.0 Å². The number of hydrogen-bond donors (Lipinski definition) is 3. The maximum atomic E-state index is 11.4. The zero-order valence-electron chi connectivity index (χ0n) is 11.3. The maximum Gasteiger partial charge on any atom is 0.271 e. The van der Waals surface area contributed by atoms with Gasteiger partial charge < -0.3 is 15.7 Å². The molecule has 1 aromatic heterocycles. The Balaban J connectivity index is 2.05. The van der Waals surface area contributed by atoms with E-state index in [4.69, 9.17) is 0 Å². The van der Waals surface area contributed by atoms with Crippen LogP contribution in [0, 0.1) is 5.41 Å². The fourth-order valence-corrected chi connectivity index (χ4v) is 2.51. The Kier molecular flexibility index (Phi) is 3.99. The third kappa shape index (κ3) is 2.84. The first kappa shape index (κ1) is 13.7. The quantitative estimate of drug-likeness (QED) is 0.748.